The Kier molecular flexibility index (Phi) is 4.09. The lowest BCUT2D eigenvalue weighted by Crippen LogP contribution is -2.50. The first kappa shape index (κ1) is 18.0. The SMILES string of the molecule is CC(Cn1cnnn1)n1nnc2cc3c(cc2c1=O)OCN(C(C)(C)C)C3=O. The Morgan fingerprint density at radius 2 is 2.00 bits per heavy atom. The predicted octanol–water partition coefficient (Wildman–Crippen LogP) is 0.630. The zero-order valence-corrected chi connectivity index (χ0v) is 16.0. The van der Waals surface area contributed by atoms with E-state index in [1.807, 2.05) is 27.7 Å². The van der Waals surface area contributed by atoms with Crippen LogP contribution in [0.4, 0.5) is 0 Å². The van der Waals surface area contributed by atoms with Crippen molar-refractivity contribution >= 4 is 16.8 Å². The number of fused-ring (bicyclic) bond motifs is 2. The molecule has 1 aliphatic rings. The number of rotatable bonds is 3. The van der Waals surface area contributed by atoms with Crippen LogP contribution in [0.15, 0.2) is 23.3 Å². The lowest BCUT2D eigenvalue weighted by molar-refractivity contribution is 0.0232. The molecule has 2 aromatic heterocycles. The molecule has 0 spiro atoms. The summed E-state index contributed by atoms with van der Waals surface area (Å²) >= 11 is 0. The molecular weight excluding hydrogens is 364 g/mol. The quantitative estimate of drug-likeness (QED) is 0.645. The second-order valence-electron chi connectivity index (χ2n) is 7.76. The van der Waals surface area contributed by atoms with Crippen molar-refractivity contribution in [3.63, 3.8) is 0 Å². The van der Waals surface area contributed by atoms with E-state index in [0.29, 0.717) is 28.8 Å². The lowest BCUT2D eigenvalue weighted by Gasteiger charge is -2.38. The smallest absolute Gasteiger partial charge is 0.278 e. The average Bonchev–Trinajstić information content (AvgIpc) is 3.13. The van der Waals surface area contributed by atoms with E-state index in [9.17, 15) is 9.59 Å². The van der Waals surface area contributed by atoms with Crippen LogP contribution < -0.4 is 10.3 Å². The fraction of sp³-hybridized carbons (Fsp3) is 0.471. The minimum atomic E-state index is -0.384. The van der Waals surface area contributed by atoms with Crippen LogP contribution in [0.2, 0.25) is 0 Å². The van der Waals surface area contributed by atoms with Crippen LogP contribution in [0.25, 0.3) is 10.9 Å². The monoisotopic (exact) mass is 384 g/mol. The number of hydrogen-bond acceptors (Lipinski definition) is 8. The Hall–Kier alpha value is -3.37. The van der Waals surface area contributed by atoms with Gasteiger partial charge in [-0.3, -0.25) is 9.59 Å². The molecule has 11 heteroatoms. The predicted molar refractivity (Wildman–Crippen MR) is 97.7 cm³/mol. The van der Waals surface area contributed by atoms with Gasteiger partial charge < -0.3 is 9.64 Å². The second kappa shape index (κ2) is 6.36. The highest BCUT2D eigenvalue weighted by Crippen LogP contribution is 2.31. The molecule has 0 N–H and O–H groups in total. The minimum Gasteiger partial charge on any atom is -0.472 e. The van der Waals surface area contributed by atoms with Gasteiger partial charge >= 0.3 is 0 Å². The van der Waals surface area contributed by atoms with E-state index < -0.39 is 0 Å². The molecule has 1 unspecified atom stereocenters. The number of benzene rings is 1. The Balaban J connectivity index is 1.74. The summed E-state index contributed by atoms with van der Waals surface area (Å²) in [6.07, 6.45) is 1.47. The maximum atomic E-state index is 12.9. The zero-order chi connectivity index (χ0) is 20.1. The van der Waals surface area contributed by atoms with Crippen molar-refractivity contribution in [1.82, 2.24) is 40.1 Å². The van der Waals surface area contributed by atoms with E-state index >= 15 is 0 Å². The van der Waals surface area contributed by atoms with Gasteiger partial charge in [0.15, 0.2) is 6.73 Å². The molecule has 1 aromatic carbocycles. The van der Waals surface area contributed by atoms with Crippen LogP contribution in [0.3, 0.4) is 0 Å². The van der Waals surface area contributed by atoms with Crippen LogP contribution in [-0.2, 0) is 6.54 Å². The molecule has 1 aliphatic heterocycles. The fourth-order valence-corrected chi connectivity index (χ4v) is 3.11. The Morgan fingerprint density at radius 3 is 2.68 bits per heavy atom. The van der Waals surface area contributed by atoms with Gasteiger partial charge in [-0.05, 0) is 50.3 Å². The van der Waals surface area contributed by atoms with Crippen molar-refractivity contribution < 1.29 is 9.53 Å². The van der Waals surface area contributed by atoms with E-state index in [1.165, 1.54) is 15.7 Å². The average molecular weight is 384 g/mol. The Morgan fingerprint density at radius 1 is 1.21 bits per heavy atom. The van der Waals surface area contributed by atoms with Gasteiger partial charge in [0.05, 0.1) is 23.5 Å². The summed E-state index contributed by atoms with van der Waals surface area (Å²) in [6, 6.07) is 2.82. The van der Waals surface area contributed by atoms with Crippen LogP contribution in [0, 0.1) is 0 Å². The normalized spacial score (nSPS) is 15.4. The van der Waals surface area contributed by atoms with Gasteiger partial charge in [0.25, 0.3) is 11.5 Å². The standard InChI is InChI=1S/C17H20N8O3/c1-10(7-23-8-18-20-22-23)25-16(27)11-6-14-12(5-13(11)19-21-25)15(26)24(9-28-14)17(2,3)4/h5-6,8,10H,7,9H2,1-4H3. The molecule has 0 saturated heterocycles. The number of aromatic nitrogens is 7. The first-order valence-corrected chi connectivity index (χ1v) is 8.84. The molecule has 0 aliphatic carbocycles. The van der Waals surface area contributed by atoms with Gasteiger partial charge in [-0.25, -0.2) is 9.36 Å². The van der Waals surface area contributed by atoms with Crippen molar-refractivity contribution in [3.8, 4) is 5.75 Å². The van der Waals surface area contributed by atoms with Gasteiger partial charge in [-0.2, -0.15) is 0 Å². The van der Waals surface area contributed by atoms with Crippen molar-refractivity contribution in [2.75, 3.05) is 6.73 Å². The number of ether oxygens (including phenoxy) is 1. The van der Waals surface area contributed by atoms with E-state index in [2.05, 4.69) is 25.8 Å². The first-order valence-electron chi connectivity index (χ1n) is 8.84. The molecule has 3 aromatic rings. The highest BCUT2D eigenvalue weighted by molar-refractivity contribution is 6.01. The van der Waals surface area contributed by atoms with E-state index in [0.717, 1.165) is 0 Å². The summed E-state index contributed by atoms with van der Waals surface area (Å²) in [5, 5.41) is 19.5. The highest BCUT2D eigenvalue weighted by atomic mass is 16.5. The van der Waals surface area contributed by atoms with Crippen molar-refractivity contribution in [1.29, 1.82) is 0 Å². The largest absolute Gasteiger partial charge is 0.472 e. The minimum absolute atomic E-state index is 0.128. The van der Waals surface area contributed by atoms with Crippen LogP contribution in [0.5, 0.6) is 5.75 Å². The van der Waals surface area contributed by atoms with Crippen LogP contribution in [-0.4, -0.2) is 58.3 Å². The third-order valence-electron chi connectivity index (χ3n) is 4.68. The molecule has 0 saturated carbocycles. The first-order chi connectivity index (χ1) is 13.3. The van der Waals surface area contributed by atoms with Gasteiger partial charge in [-0.1, -0.05) is 5.21 Å². The number of amides is 1. The van der Waals surface area contributed by atoms with Gasteiger partial charge in [-0.15, -0.1) is 10.2 Å². The highest BCUT2D eigenvalue weighted by Gasteiger charge is 2.34. The summed E-state index contributed by atoms with van der Waals surface area (Å²) < 4.78 is 8.55. The summed E-state index contributed by atoms with van der Waals surface area (Å²) in [5.74, 6) is 0.219. The van der Waals surface area contributed by atoms with Crippen LogP contribution >= 0.6 is 0 Å². The molecule has 0 radical (unpaired) electrons. The van der Waals surface area contributed by atoms with Crippen molar-refractivity contribution in [2.45, 2.75) is 45.8 Å². The number of nitrogens with zero attached hydrogens (tertiary/aromatic N) is 8. The molecule has 0 fully saturated rings. The summed E-state index contributed by atoms with van der Waals surface area (Å²) in [5.41, 5.74) is 0.0247. The lowest BCUT2D eigenvalue weighted by atomic mass is 10.0. The Bertz CT molecular complexity index is 1100. The number of carbonyl (C=O) groups excluding carboxylic acids is 1. The molecular formula is C17H20N8O3. The molecule has 1 atom stereocenters. The Labute approximate surface area is 159 Å². The maximum absolute atomic E-state index is 12.9. The van der Waals surface area contributed by atoms with Crippen molar-refractivity contribution in [2.24, 2.45) is 0 Å². The molecule has 146 valence electrons. The molecule has 28 heavy (non-hydrogen) atoms. The third-order valence-corrected chi connectivity index (χ3v) is 4.68. The van der Waals surface area contributed by atoms with Crippen molar-refractivity contribution in [3.05, 3.63) is 34.4 Å². The fourth-order valence-electron chi connectivity index (χ4n) is 3.11. The number of hydrogen-bond donors (Lipinski definition) is 0. The van der Waals surface area contributed by atoms with E-state index in [4.69, 9.17) is 4.74 Å². The van der Waals surface area contributed by atoms with Gasteiger partial charge in [0.1, 0.15) is 17.6 Å². The number of tetrazole rings is 1. The van der Waals surface area contributed by atoms with Crippen LogP contribution in [0.1, 0.15) is 44.1 Å². The van der Waals surface area contributed by atoms with Gasteiger partial charge in [0.2, 0.25) is 0 Å². The second-order valence-corrected chi connectivity index (χ2v) is 7.76. The molecule has 11 nitrogen and oxygen atoms in total. The molecule has 0 bridgehead atoms. The summed E-state index contributed by atoms with van der Waals surface area (Å²) in [4.78, 5) is 27.4. The summed E-state index contributed by atoms with van der Waals surface area (Å²) in [6.45, 7) is 8.13. The topological polar surface area (TPSA) is 121 Å². The van der Waals surface area contributed by atoms with Gasteiger partial charge in [0, 0.05) is 5.54 Å². The molecule has 1 amide bonds. The number of carbonyl (C=O) groups is 1. The van der Waals surface area contributed by atoms with E-state index in [1.54, 1.807) is 17.0 Å². The molecule has 4 rings (SSSR count). The molecule has 3 heterocycles. The maximum Gasteiger partial charge on any atom is 0.278 e. The summed E-state index contributed by atoms with van der Waals surface area (Å²) in [7, 11) is 0. The third kappa shape index (κ3) is 2.98. The zero-order valence-electron chi connectivity index (χ0n) is 16.0. The van der Waals surface area contributed by atoms with E-state index in [-0.39, 0.29) is 29.8 Å².